The van der Waals surface area contributed by atoms with Crippen LogP contribution in [-0.2, 0) is 9.63 Å². The molecule has 0 radical (unpaired) electrons. The number of amides is 1. The van der Waals surface area contributed by atoms with Gasteiger partial charge in [0.05, 0.1) is 5.71 Å². The van der Waals surface area contributed by atoms with Crippen LogP contribution in [0.4, 0.5) is 5.82 Å². The first-order valence-electron chi connectivity index (χ1n) is 6.34. The quantitative estimate of drug-likeness (QED) is 0.924. The average molecular weight is 350 g/mol. The van der Waals surface area contributed by atoms with Crippen molar-refractivity contribution >= 4 is 33.4 Å². The number of benzene rings is 1. The SMILES string of the molecule is Cc1cc(NC(=O)C2CC(c3cccc(Br)c3)=NO2)no1. The van der Waals surface area contributed by atoms with Crippen molar-refractivity contribution < 1.29 is 14.2 Å². The van der Waals surface area contributed by atoms with E-state index >= 15 is 0 Å². The lowest BCUT2D eigenvalue weighted by Gasteiger charge is -2.06. The molecule has 1 N–H and O–H groups in total. The molecule has 6 nitrogen and oxygen atoms in total. The van der Waals surface area contributed by atoms with Crippen LogP contribution in [0.15, 0.2) is 44.5 Å². The first kappa shape index (κ1) is 13.8. The van der Waals surface area contributed by atoms with Crippen LogP contribution < -0.4 is 5.32 Å². The Morgan fingerprint density at radius 3 is 3.00 bits per heavy atom. The Hall–Kier alpha value is -2.15. The minimum atomic E-state index is -0.656. The van der Waals surface area contributed by atoms with Gasteiger partial charge in [-0.1, -0.05) is 38.4 Å². The van der Waals surface area contributed by atoms with Gasteiger partial charge in [-0.3, -0.25) is 4.79 Å². The van der Waals surface area contributed by atoms with Crippen LogP contribution in [0.2, 0.25) is 0 Å². The highest BCUT2D eigenvalue weighted by molar-refractivity contribution is 9.10. The fraction of sp³-hybridized carbons (Fsp3) is 0.214. The summed E-state index contributed by atoms with van der Waals surface area (Å²) in [6, 6.07) is 9.34. The lowest BCUT2D eigenvalue weighted by atomic mass is 10.0. The van der Waals surface area contributed by atoms with Crippen LogP contribution in [0.5, 0.6) is 0 Å². The second-order valence-corrected chi connectivity index (χ2v) is 5.57. The summed E-state index contributed by atoms with van der Waals surface area (Å²) in [6.07, 6.45) is -0.241. The second-order valence-electron chi connectivity index (χ2n) is 4.66. The lowest BCUT2D eigenvalue weighted by Crippen LogP contribution is -2.28. The van der Waals surface area contributed by atoms with E-state index in [1.807, 2.05) is 24.3 Å². The van der Waals surface area contributed by atoms with Crippen LogP contribution in [0.25, 0.3) is 0 Å². The summed E-state index contributed by atoms with van der Waals surface area (Å²) in [6.45, 7) is 1.75. The molecule has 1 amide bonds. The van der Waals surface area contributed by atoms with Gasteiger partial charge in [-0.25, -0.2) is 0 Å². The van der Waals surface area contributed by atoms with Gasteiger partial charge in [-0.2, -0.15) is 0 Å². The van der Waals surface area contributed by atoms with E-state index < -0.39 is 6.10 Å². The molecule has 0 bridgehead atoms. The minimum absolute atomic E-state index is 0.294. The molecule has 0 saturated carbocycles. The summed E-state index contributed by atoms with van der Waals surface area (Å²) in [4.78, 5) is 17.3. The highest BCUT2D eigenvalue weighted by Crippen LogP contribution is 2.20. The Labute approximate surface area is 129 Å². The molecule has 1 unspecified atom stereocenters. The van der Waals surface area contributed by atoms with Gasteiger partial charge in [-0.05, 0) is 19.1 Å². The maximum absolute atomic E-state index is 12.1. The summed E-state index contributed by atoms with van der Waals surface area (Å²) in [5.41, 5.74) is 1.67. The standard InChI is InChI=1S/C14H12BrN3O3/c1-8-5-13(18-20-8)16-14(19)12-7-11(17-21-12)9-3-2-4-10(15)6-9/h2-6,12H,7H2,1H3,(H,16,18,19). The largest absolute Gasteiger partial charge is 0.382 e. The van der Waals surface area contributed by atoms with Crippen molar-refractivity contribution in [2.24, 2.45) is 5.16 Å². The number of carbonyl (C=O) groups is 1. The lowest BCUT2D eigenvalue weighted by molar-refractivity contribution is -0.125. The van der Waals surface area contributed by atoms with Gasteiger partial charge >= 0.3 is 0 Å². The molecule has 1 aliphatic rings. The Morgan fingerprint density at radius 1 is 1.43 bits per heavy atom. The van der Waals surface area contributed by atoms with Gasteiger partial charge in [0.2, 0.25) is 6.10 Å². The summed E-state index contributed by atoms with van der Waals surface area (Å²) in [5.74, 6) is 0.706. The zero-order valence-corrected chi connectivity index (χ0v) is 12.8. The van der Waals surface area contributed by atoms with E-state index in [0.29, 0.717) is 18.0 Å². The normalized spacial score (nSPS) is 17.2. The summed E-state index contributed by atoms with van der Waals surface area (Å²) in [7, 11) is 0. The average Bonchev–Trinajstić information content (AvgIpc) is 3.08. The first-order valence-corrected chi connectivity index (χ1v) is 7.14. The summed E-state index contributed by atoms with van der Waals surface area (Å²) < 4.78 is 5.84. The predicted octanol–water partition coefficient (Wildman–Crippen LogP) is 2.88. The van der Waals surface area contributed by atoms with Crippen LogP contribution >= 0.6 is 15.9 Å². The van der Waals surface area contributed by atoms with Crippen molar-refractivity contribution in [3.05, 3.63) is 46.1 Å². The number of hydrogen-bond acceptors (Lipinski definition) is 5. The van der Waals surface area contributed by atoms with Gasteiger partial charge in [0.1, 0.15) is 5.76 Å². The molecule has 108 valence electrons. The van der Waals surface area contributed by atoms with Gasteiger partial charge in [0, 0.05) is 22.5 Å². The first-order chi connectivity index (χ1) is 10.1. The Kier molecular flexibility index (Phi) is 3.74. The zero-order valence-electron chi connectivity index (χ0n) is 11.2. The highest BCUT2D eigenvalue weighted by atomic mass is 79.9. The Balaban J connectivity index is 1.64. The van der Waals surface area contributed by atoms with Crippen molar-refractivity contribution in [3.8, 4) is 0 Å². The molecule has 3 rings (SSSR count). The molecule has 7 heteroatoms. The van der Waals surface area contributed by atoms with Crippen LogP contribution in [0.1, 0.15) is 17.7 Å². The number of aryl methyl sites for hydroxylation is 1. The minimum Gasteiger partial charge on any atom is -0.382 e. The van der Waals surface area contributed by atoms with Gasteiger partial charge < -0.3 is 14.7 Å². The molecule has 21 heavy (non-hydrogen) atoms. The molecule has 0 spiro atoms. The maximum atomic E-state index is 12.1. The molecule has 1 aromatic heterocycles. The third-order valence-electron chi connectivity index (χ3n) is 3.00. The second kappa shape index (κ2) is 5.69. The number of rotatable bonds is 3. The predicted molar refractivity (Wildman–Crippen MR) is 80.0 cm³/mol. The number of oxime groups is 1. The Morgan fingerprint density at radius 2 is 2.29 bits per heavy atom. The number of hydrogen-bond donors (Lipinski definition) is 1. The number of halogens is 1. The monoisotopic (exact) mass is 349 g/mol. The van der Waals surface area contributed by atoms with E-state index in [2.05, 4.69) is 31.6 Å². The van der Waals surface area contributed by atoms with E-state index in [1.54, 1.807) is 13.0 Å². The zero-order chi connectivity index (χ0) is 14.8. The van der Waals surface area contributed by atoms with E-state index in [1.165, 1.54) is 0 Å². The van der Waals surface area contributed by atoms with E-state index in [4.69, 9.17) is 9.36 Å². The summed E-state index contributed by atoms with van der Waals surface area (Å²) in [5, 5.41) is 10.3. The maximum Gasteiger partial charge on any atom is 0.269 e. The third kappa shape index (κ3) is 3.13. The number of nitrogens with zero attached hydrogens (tertiary/aromatic N) is 2. The molecule has 0 saturated heterocycles. The molecular formula is C14H12BrN3O3. The fourth-order valence-electron chi connectivity index (χ4n) is 1.99. The van der Waals surface area contributed by atoms with Crippen molar-refractivity contribution in [2.45, 2.75) is 19.4 Å². The molecule has 1 atom stereocenters. The molecule has 2 heterocycles. The topological polar surface area (TPSA) is 76.7 Å². The van der Waals surface area contributed by atoms with Crippen LogP contribution in [0, 0.1) is 6.92 Å². The molecule has 0 aliphatic carbocycles. The summed E-state index contributed by atoms with van der Waals surface area (Å²) >= 11 is 3.41. The van der Waals surface area contributed by atoms with E-state index in [9.17, 15) is 4.79 Å². The molecular weight excluding hydrogens is 338 g/mol. The van der Waals surface area contributed by atoms with Crippen LogP contribution in [-0.4, -0.2) is 22.9 Å². The van der Waals surface area contributed by atoms with Gasteiger partial charge in [0.25, 0.3) is 5.91 Å². The number of nitrogens with one attached hydrogen (secondary N) is 1. The molecule has 1 aromatic carbocycles. The van der Waals surface area contributed by atoms with E-state index in [-0.39, 0.29) is 5.91 Å². The molecule has 1 aliphatic heterocycles. The number of carbonyl (C=O) groups excluding carboxylic acids is 1. The molecule has 2 aromatic rings. The molecule has 0 fully saturated rings. The van der Waals surface area contributed by atoms with Crippen molar-refractivity contribution in [3.63, 3.8) is 0 Å². The third-order valence-corrected chi connectivity index (χ3v) is 3.49. The number of anilines is 1. The smallest absolute Gasteiger partial charge is 0.269 e. The number of aromatic nitrogens is 1. The Bertz CT molecular complexity index is 711. The van der Waals surface area contributed by atoms with Gasteiger partial charge in [-0.15, -0.1) is 0 Å². The van der Waals surface area contributed by atoms with Gasteiger partial charge in [0.15, 0.2) is 5.82 Å². The van der Waals surface area contributed by atoms with Crippen LogP contribution in [0.3, 0.4) is 0 Å². The highest BCUT2D eigenvalue weighted by Gasteiger charge is 2.29. The van der Waals surface area contributed by atoms with Crippen molar-refractivity contribution in [1.82, 2.24) is 5.16 Å². The van der Waals surface area contributed by atoms with Crippen molar-refractivity contribution in [1.29, 1.82) is 0 Å². The fourth-order valence-corrected chi connectivity index (χ4v) is 2.39. The van der Waals surface area contributed by atoms with Crippen molar-refractivity contribution in [2.75, 3.05) is 5.32 Å². The van der Waals surface area contributed by atoms with E-state index in [0.717, 1.165) is 15.7 Å².